The van der Waals surface area contributed by atoms with Gasteiger partial charge in [0.2, 0.25) is 0 Å². The second kappa shape index (κ2) is 4.11. The molecule has 3 unspecified atom stereocenters. The predicted octanol–water partition coefficient (Wildman–Crippen LogP) is 1.30. The molecule has 3 atom stereocenters. The van der Waals surface area contributed by atoms with E-state index in [1.807, 2.05) is 0 Å². The molecule has 1 heterocycles. The molecule has 0 spiro atoms. The summed E-state index contributed by atoms with van der Waals surface area (Å²) in [6.07, 6.45) is 4.03. The molecule has 3 rings (SSSR count). The molecule has 0 aromatic heterocycles. The highest BCUT2D eigenvalue weighted by Gasteiger charge is 2.44. The van der Waals surface area contributed by atoms with E-state index in [9.17, 15) is 0 Å². The van der Waals surface area contributed by atoms with Crippen LogP contribution in [-0.2, 0) is 0 Å². The van der Waals surface area contributed by atoms with Crippen molar-refractivity contribution in [2.75, 3.05) is 39.8 Å². The topological polar surface area (TPSA) is 30.3 Å². The van der Waals surface area contributed by atoms with Gasteiger partial charge in [-0.1, -0.05) is 0 Å². The number of likely N-dealkylation sites (N-methyl/N-ethyl adjacent to an activating group) is 1. The van der Waals surface area contributed by atoms with Gasteiger partial charge in [-0.2, -0.15) is 0 Å². The Morgan fingerprint density at radius 2 is 1.94 bits per heavy atom. The van der Waals surface area contributed by atoms with Gasteiger partial charge in [-0.25, -0.2) is 0 Å². The Balaban J connectivity index is 1.57. The van der Waals surface area contributed by atoms with Crippen LogP contribution < -0.4 is 0 Å². The fraction of sp³-hybridized carbons (Fsp3) is 0.923. The first-order valence-electron chi connectivity index (χ1n) is 6.73. The zero-order chi connectivity index (χ0) is 11.1. The van der Waals surface area contributed by atoms with E-state index in [0.29, 0.717) is 11.8 Å². The highest BCUT2D eigenvalue weighted by atomic mass is 15.2. The fourth-order valence-electron chi connectivity index (χ4n) is 3.78. The van der Waals surface area contributed by atoms with Crippen molar-refractivity contribution in [2.24, 2.45) is 17.8 Å². The molecule has 0 amide bonds. The minimum absolute atomic E-state index is 0.613. The predicted molar refractivity (Wildman–Crippen MR) is 66.0 cm³/mol. The molecule has 3 fully saturated rings. The third-order valence-corrected chi connectivity index (χ3v) is 4.93. The first-order valence-corrected chi connectivity index (χ1v) is 6.73. The zero-order valence-corrected chi connectivity index (χ0v) is 10.3. The molecule has 0 aromatic carbocycles. The molecule has 2 aliphatic carbocycles. The quantitative estimate of drug-likeness (QED) is 0.762. The molecule has 1 N–H and O–H groups in total. The van der Waals surface area contributed by atoms with Crippen LogP contribution in [-0.4, -0.2) is 55.3 Å². The van der Waals surface area contributed by atoms with Gasteiger partial charge in [-0.3, -0.25) is 0 Å². The van der Waals surface area contributed by atoms with Crippen molar-refractivity contribution in [3.8, 4) is 0 Å². The summed E-state index contributed by atoms with van der Waals surface area (Å²) in [5, 5.41) is 8.21. The Morgan fingerprint density at radius 1 is 1.19 bits per heavy atom. The molecule has 90 valence electrons. The Bertz CT molecular complexity index is 281. The standard InChI is InChI=1S/C13H23N3/c1-15-4-6-16(7-5-15)9-12-10-2-3-11(8-10)13(12)14/h10-12,14H,2-9H2,1H3. The Morgan fingerprint density at radius 3 is 2.56 bits per heavy atom. The summed E-state index contributed by atoms with van der Waals surface area (Å²) in [6, 6.07) is 0. The van der Waals surface area contributed by atoms with Crippen LogP contribution >= 0.6 is 0 Å². The van der Waals surface area contributed by atoms with E-state index in [4.69, 9.17) is 5.41 Å². The molecule has 1 aliphatic heterocycles. The maximum atomic E-state index is 8.21. The van der Waals surface area contributed by atoms with Crippen LogP contribution in [0.4, 0.5) is 0 Å². The Labute approximate surface area is 98.3 Å². The Kier molecular flexibility index (Phi) is 2.76. The van der Waals surface area contributed by atoms with Gasteiger partial charge in [0.15, 0.2) is 0 Å². The van der Waals surface area contributed by atoms with Crippen LogP contribution in [0.15, 0.2) is 0 Å². The van der Waals surface area contributed by atoms with Crippen LogP contribution in [0.5, 0.6) is 0 Å². The maximum absolute atomic E-state index is 8.21. The molecular weight excluding hydrogens is 198 g/mol. The third-order valence-electron chi connectivity index (χ3n) is 4.93. The second-order valence-electron chi connectivity index (χ2n) is 5.94. The summed E-state index contributed by atoms with van der Waals surface area (Å²) in [5.41, 5.74) is 1.09. The molecule has 0 aromatic rings. The lowest BCUT2D eigenvalue weighted by Gasteiger charge is -2.35. The van der Waals surface area contributed by atoms with Crippen molar-refractivity contribution < 1.29 is 0 Å². The summed E-state index contributed by atoms with van der Waals surface area (Å²) < 4.78 is 0. The summed E-state index contributed by atoms with van der Waals surface area (Å²) in [5.74, 6) is 2.14. The van der Waals surface area contributed by atoms with Crippen molar-refractivity contribution in [3.63, 3.8) is 0 Å². The zero-order valence-electron chi connectivity index (χ0n) is 10.3. The largest absolute Gasteiger partial charge is 0.309 e. The van der Waals surface area contributed by atoms with Crippen LogP contribution in [0, 0.1) is 23.2 Å². The average Bonchev–Trinajstić information content (AvgIpc) is 2.85. The van der Waals surface area contributed by atoms with E-state index in [1.165, 1.54) is 52.0 Å². The number of fused-ring (bicyclic) bond motifs is 2. The van der Waals surface area contributed by atoms with E-state index < -0.39 is 0 Å². The minimum Gasteiger partial charge on any atom is -0.309 e. The van der Waals surface area contributed by atoms with E-state index in [2.05, 4.69) is 16.8 Å². The summed E-state index contributed by atoms with van der Waals surface area (Å²) in [6.45, 7) is 5.99. The molecule has 3 aliphatic rings. The number of nitrogens with one attached hydrogen (secondary N) is 1. The van der Waals surface area contributed by atoms with Gasteiger partial charge in [0.05, 0.1) is 0 Å². The van der Waals surface area contributed by atoms with Gasteiger partial charge in [0.1, 0.15) is 0 Å². The van der Waals surface area contributed by atoms with Crippen molar-refractivity contribution >= 4 is 5.71 Å². The molecule has 2 saturated carbocycles. The summed E-state index contributed by atoms with van der Waals surface area (Å²) in [4.78, 5) is 4.99. The molecule has 3 nitrogen and oxygen atoms in total. The van der Waals surface area contributed by atoms with Gasteiger partial charge in [0, 0.05) is 44.4 Å². The van der Waals surface area contributed by atoms with E-state index in [0.717, 1.165) is 11.6 Å². The Hall–Kier alpha value is -0.410. The fourth-order valence-corrected chi connectivity index (χ4v) is 3.78. The van der Waals surface area contributed by atoms with Crippen molar-refractivity contribution in [3.05, 3.63) is 0 Å². The monoisotopic (exact) mass is 221 g/mol. The summed E-state index contributed by atoms with van der Waals surface area (Å²) in [7, 11) is 2.21. The maximum Gasteiger partial charge on any atom is 0.0167 e. The second-order valence-corrected chi connectivity index (χ2v) is 5.94. The minimum atomic E-state index is 0.613. The molecule has 0 radical (unpaired) electrons. The van der Waals surface area contributed by atoms with Crippen LogP contribution in [0.2, 0.25) is 0 Å². The van der Waals surface area contributed by atoms with Crippen molar-refractivity contribution in [1.29, 1.82) is 5.41 Å². The normalized spacial score (nSPS) is 40.8. The van der Waals surface area contributed by atoms with Gasteiger partial charge in [-0.15, -0.1) is 0 Å². The molecule has 1 saturated heterocycles. The third kappa shape index (κ3) is 1.80. The van der Waals surface area contributed by atoms with E-state index >= 15 is 0 Å². The van der Waals surface area contributed by atoms with Crippen LogP contribution in [0.3, 0.4) is 0 Å². The molecular formula is C13H23N3. The highest BCUT2D eigenvalue weighted by Crippen LogP contribution is 2.46. The average molecular weight is 221 g/mol. The van der Waals surface area contributed by atoms with Gasteiger partial charge in [0.25, 0.3) is 0 Å². The molecule has 16 heavy (non-hydrogen) atoms. The molecule has 2 bridgehead atoms. The van der Waals surface area contributed by atoms with Gasteiger partial charge >= 0.3 is 0 Å². The lowest BCUT2D eigenvalue weighted by molar-refractivity contribution is 0.137. The number of hydrogen-bond donors (Lipinski definition) is 1. The lowest BCUT2D eigenvalue weighted by Crippen LogP contribution is -2.47. The summed E-state index contributed by atoms with van der Waals surface area (Å²) >= 11 is 0. The molecule has 3 heteroatoms. The lowest BCUT2D eigenvalue weighted by atomic mass is 9.86. The number of piperazine rings is 1. The number of hydrogen-bond acceptors (Lipinski definition) is 3. The first-order chi connectivity index (χ1) is 7.74. The highest BCUT2D eigenvalue weighted by molar-refractivity contribution is 5.89. The number of nitrogens with zero attached hydrogens (tertiary/aromatic N) is 2. The van der Waals surface area contributed by atoms with Crippen molar-refractivity contribution in [1.82, 2.24) is 9.80 Å². The van der Waals surface area contributed by atoms with Crippen LogP contribution in [0.1, 0.15) is 19.3 Å². The smallest absolute Gasteiger partial charge is 0.0167 e. The van der Waals surface area contributed by atoms with Gasteiger partial charge < -0.3 is 15.2 Å². The SMILES string of the molecule is CN1CCN(CC2C(=N)C3CCC2C3)CC1. The van der Waals surface area contributed by atoms with E-state index in [-0.39, 0.29) is 0 Å². The van der Waals surface area contributed by atoms with Gasteiger partial charge in [-0.05, 0) is 38.1 Å². The van der Waals surface area contributed by atoms with Crippen LogP contribution in [0.25, 0.3) is 0 Å². The number of rotatable bonds is 2. The van der Waals surface area contributed by atoms with Crippen molar-refractivity contribution in [2.45, 2.75) is 19.3 Å². The van der Waals surface area contributed by atoms with E-state index in [1.54, 1.807) is 0 Å². The first kappa shape index (κ1) is 10.7.